The smallest absolute Gasteiger partial charge is 0.224 e. The average molecular weight is 262 g/mol. The maximum absolute atomic E-state index is 13.5. The van der Waals surface area contributed by atoms with E-state index in [1.54, 1.807) is 12.4 Å². The lowest BCUT2D eigenvalue weighted by molar-refractivity contribution is 0.617. The van der Waals surface area contributed by atoms with Gasteiger partial charge in [-0.2, -0.15) is 4.98 Å². The molecule has 0 spiro atoms. The van der Waals surface area contributed by atoms with Crippen LogP contribution < -0.4 is 10.6 Å². The molecule has 19 heavy (non-hydrogen) atoms. The summed E-state index contributed by atoms with van der Waals surface area (Å²) < 4.78 is 13.5. The van der Waals surface area contributed by atoms with Crippen molar-refractivity contribution in [3.8, 4) is 0 Å². The van der Waals surface area contributed by atoms with E-state index in [-0.39, 0.29) is 5.82 Å². The van der Waals surface area contributed by atoms with Crippen molar-refractivity contribution in [1.82, 2.24) is 19.9 Å². The molecule has 6 nitrogen and oxygen atoms in total. The minimum atomic E-state index is -0.498. The Morgan fingerprint density at radius 1 is 1.11 bits per heavy atom. The van der Waals surface area contributed by atoms with Crippen molar-refractivity contribution >= 4 is 11.8 Å². The standard InChI is InChI=1S/C12H15FN6/c1-3-14-12-18-7-10(13)11(19-12)17-6-9-5-15-8(2)4-16-9/h4-5,7H,3,6H2,1-2H3,(H2,14,17,18,19). The summed E-state index contributed by atoms with van der Waals surface area (Å²) >= 11 is 0. The van der Waals surface area contributed by atoms with Crippen LogP contribution >= 0.6 is 0 Å². The van der Waals surface area contributed by atoms with Gasteiger partial charge in [0.2, 0.25) is 5.95 Å². The molecule has 0 fully saturated rings. The topological polar surface area (TPSA) is 75.6 Å². The third-order valence-electron chi connectivity index (χ3n) is 2.35. The number of aryl methyl sites for hydroxylation is 1. The second-order valence-corrected chi connectivity index (χ2v) is 3.92. The van der Waals surface area contributed by atoms with Crippen molar-refractivity contribution in [2.45, 2.75) is 20.4 Å². The monoisotopic (exact) mass is 262 g/mol. The average Bonchev–Trinajstić information content (AvgIpc) is 2.41. The summed E-state index contributed by atoms with van der Waals surface area (Å²) in [6.07, 6.45) is 4.44. The molecule has 0 amide bonds. The number of anilines is 2. The molecule has 2 N–H and O–H groups in total. The largest absolute Gasteiger partial charge is 0.362 e. The molecule has 0 saturated carbocycles. The van der Waals surface area contributed by atoms with Crippen LogP contribution in [0, 0.1) is 12.7 Å². The van der Waals surface area contributed by atoms with Gasteiger partial charge in [0, 0.05) is 12.7 Å². The highest BCUT2D eigenvalue weighted by atomic mass is 19.1. The summed E-state index contributed by atoms with van der Waals surface area (Å²) in [4.78, 5) is 16.2. The zero-order valence-electron chi connectivity index (χ0n) is 10.8. The Hall–Kier alpha value is -2.31. The van der Waals surface area contributed by atoms with Crippen LogP contribution in [0.5, 0.6) is 0 Å². The lowest BCUT2D eigenvalue weighted by atomic mass is 10.4. The summed E-state index contributed by atoms with van der Waals surface area (Å²) in [5.41, 5.74) is 1.56. The van der Waals surface area contributed by atoms with E-state index in [2.05, 4.69) is 30.6 Å². The van der Waals surface area contributed by atoms with E-state index >= 15 is 0 Å². The van der Waals surface area contributed by atoms with Gasteiger partial charge < -0.3 is 10.6 Å². The highest BCUT2D eigenvalue weighted by Gasteiger charge is 2.06. The minimum Gasteiger partial charge on any atom is -0.362 e. The van der Waals surface area contributed by atoms with Crippen molar-refractivity contribution in [1.29, 1.82) is 0 Å². The van der Waals surface area contributed by atoms with Gasteiger partial charge in [-0.1, -0.05) is 0 Å². The lowest BCUT2D eigenvalue weighted by Gasteiger charge is -2.08. The Labute approximate surface area is 110 Å². The fraction of sp³-hybridized carbons (Fsp3) is 0.333. The first-order chi connectivity index (χ1) is 9.19. The number of aromatic nitrogens is 4. The van der Waals surface area contributed by atoms with Crippen LogP contribution in [-0.2, 0) is 6.54 Å². The van der Waals surface area contributed by atoms with Crippen LogP contribution in [0.1, 0.15) is 18.3 Å². The second-order valence-electron chi connectivity index (χ2n) is 3.92. The predicted octanol–water partition coefficient (Wildman–Crippen LogP) is 1.76. The maximum Gasteiger partial charge on any atom is 0.224 e. The number of nitrogens with zero attached hydrogens (tertiary/aromatic N) is 4. The van der Waals surface area contributed by atoms with Crippen LogP contribution in [0.25, 0.3) is 0 Å². The highest BCUT2D eigenvalue weighted by Crippen LogP contribution is 2.12. The van der Waals surface area contributed by atoms with E-state index in [1.807, 2.05) is 13.8 Å². The summed E-state index contributed by atoms with van der Waals surface area (Å²) in [6, 6.07) is 0. The van der Waals surface area contributed by atoms with Gasteiger partial charge in [-0.3, -0.25) is 9.97 Å². The van der Waals surface area contributed by atoms with Crippen molar-refractivity contribution in [2.24, 2.45) is 0 Å². The molecule has 2 rings (SSSR count). The fourth-order valence-corrected chi connectivity index (χ4v) is 1.42. The number of rotatable bonds is 5. The molecule has 100 valence electrons. The van der Waals surface area contributed by atoms with Gasteiger partial charge in [0.05, 0.1) is 30.3 Å². The molecule has 7 heteroatoms. The van der Waals surface area contributed by atoms with Crippen molar-refractivity contribution in [3.05, 3.63) is 35.8 Å². The number of halogens is 1. The van der Waals surface area contributed by atoms with E-state index < -0.39 is 5.82 Å². The zero-order chi connectivity index (χ0) is 13.7. The summed E-state index contributed by atoms with van der Waals surface area (Å²) in [5, 5.41) is 5.80. The van der Waals surface area contributed by atoms with E-state index in [9.17, 15) is 4.39 Å². The summed E-state index contributed by atoms with van der Waals surface area (Å²) in [7, 11) is 0. The van der Waals surface area contributed by atoms with Gasteiger partial charge in [0.15, 0.2) is 11.6 Å². The molecule has 2 aromatic heterocycles. The third-order valence-corrected chi connectivity index (χ3v) is 2.35. The molecular formula is C12H15FN6. The number of nitrogens with one attached hydrogen (secondary N) is 2. The first-order valence-electron chi connectivity index (χ1n) is 5.97. The molecule has 0 bridgehead atoms. The maximum atomic E-state index is 13.5. The third kappa shape index (κ3) is 3.57. The normalized spacial score (nSPS) is 10.3. The molecule has 0 aliphatic carbocycles. The first kappa shape index (κ1) is 13.1. The van der Waals surface area contributed by atoms with E-state index in [4.69, 9.17) is 0 Å². The minimum absolute atomic E-state index is 0.147. The van der Waals surface area contributed by atoms with Crippen LogP contribution in [0.15, 0.2) is 18.6 Å². The Bertz CT molecular complexity index is 542. The number of hydrogen-bond acceptors (Lipinski definition) is 6. The molecule has 0 atom stereocenters. The first-order valence-corrected chi connectivity index (χ1v) is 5.97. The van der Waals surface area contributed by atoms with E-state index in [0.29, 0.717) is 24.7 Å². The Balaban J connectivity index is 2.05. The Morgan fingerprint density at radius 3 is 2.63 bits per heavy atom. The van der Waals surface area contributed by atoms with Gasteiger partial charge in [0.1, 0.15) is 0 Å². The van der Waals surface area contributed by atoms with Gasteiger partial charge in [-0.25, -0.2) is 9.37 Å². The van der Waals surface area contributed by atoms with Gasteiger partial charge in [-0.15, -0.1) is 0 Å². The van der Waals surface area contributed by atoms with Crippen LogP contribution in [-0.4, -0.2) is 26.5 Å². The molecule has 0 aromatic carbocycles. The zero-order valence-corrected chi connectivity index (χ0v) is 10.8. The Morgan fingerprint density at radius 2 is 1.95 bits per heavy atom. The van der Waals surface area contributed by atoms with Crippen molar-refractivity contribution < 1.29 is 4.39 Å². The van der Waals surface area contributed by atoms with Crippen LogP contribution in [0.2, 0.25) is 0 Å². The summed E-state index contributed by atoms with van der Waals surface area (Å²) in [5.74, 6) is 0.0384. The molecule has 0 saturated heterocycles. The molecule has 0 aliphatic heterocycles. The summed E-state index contributed by atoms with van der Waals surface area (Å²) in [6.45, 7) is 4.81. The molecule has 2 aromatic rings. The SMILES string of the molecule is CCNc1ncc(F)c(NCc2cnc(C)cn2)n1. The van der Waals surface area contributed by atoms with Gasteiger partial charge >= 0.3 is 0 Å². The van der Waals surface area contributed by atoms with Crippen molar-refractivity contribution in [3.63, 3.8) is 0 Å². The fourth-order valence-electron chi connectivity index (χ4n) is 1.42. The van der Waals surface area contributed by atoms with Gasteiger partial charge in [-0.05, 0) is 13.8 Å². The van der Waals surface area contributed by atoms with Crippen LogP contribution in [0.3, 0.4) is 0 Å². The molecule has 0 radical (unpaired) electrons. The van der Waals surface area contributed by atoms with Gasteiger partial charge in [0.25, 0.3) is 0 Å². The van der Waals surface area contributed by atoms with E-state index in [0.717, 1.165) is 11.9 Å². The molecular weight excluding hydrogens is 247 g/mol. The highest BCUT2D eigenvalue weighted by molar-refractivity contribution is 5.41. The predicted molar refractivity (Wildman–Crippen MR) is 70.2 cm³/mol. The Kier molecular flexibility index (Phi) is 4.17. The molecule has 0 unspecified atom stereocenters. The van der Waals surface area contributed by atoms with Crippen molar-refractivity contribution in [2.75, 3.05) is 17.2 Å². The van der Waals surface area contributed by atoms with Crippen LogP contribution in [0.4, 0.5) is 16.2 Å². The second kappa shape index (κ2) is 6.03. The quantitative estimate of drug-likeness (QED) is 0.855. The number of hydrogen-bond donors (Lipinski definition) is 2. The molecule has 0 aliphatic rings. The lowest BCUT2D eigenvalue weighted by Crippen LogP contribution is -2.09. The molecule has 2 heterocycles. The van der Waals surface area contributed by atoms with E-state index in [1.165, 1.54) is 0 Å².